The molecule has 0 N–H and O–H groups in total. The van der Waals surface area contributed by atoms with Crippen molar-refractivity contribution in [3.05, 3.63) is 64.7 Å². The molecule has 1 aromatic carbocycles. The molecule has 31 heavy (non-hydrogen) atoms. The summed E-state index contributed by atoms with van der Waals surface area (Å²) in [7, 11) is 0. The summed E-state index contributed by atoms with van der Waals surface area (Å²) >= 11 is 1.84. The first-order valence-electron chi connectivity index (χ1n) is 11.1. The summed E-state index contributed by atoms with van der Waals surface area (Å²) in [4.78, 5) is 16.3. The first-order chi connectivity index (χ1) is 15.3. The van der Waals surface area contributed by atoms with Crippen LogP contribution in [0.4, 0.5) is 5.82 Å². The van der Waals surface area contributed by atoms with E-state index in [1.807, 2.05) is 40.4 Å². The average molecular weight is 433 g/mol. The highest BCUT2D eigenvalue weighted by Crippen LogP contribution is 2.27. The van der Waals surface area contributed by atoms with Crippen LogP contribution in [0, 0.1) is 0 Å². The minimum Gasteiger partial charge on any atom is -0.355 e. The van der Waals surface area contributed by atoms with Crippen LogP contribution >= 0.6 is 11.3 Å². The summed E-state index contributed by atoms with van der Waals surface area (Å²) in [6.45, 7) is 7.36. The summed E-state index contributed by atoms with van der Waals surface area (Å²) in [5.74, 6) is 1.94. The van der Waals surface area contributed by atoms with E-state index in [4.69, 9.17) is 9.97 Å². The molecule has 1 fully saturated rings. The van der Waals surface area contributed by atoms with Gasteiger partial charge in [-0.15, -0.1) is 11.3 Å². The fraction of sp³-hybridized carbons (Fsp3) is 0.375. The molecule has 5 rings (SSSR count). The number of fused-ring (bicyclic) bond motifs is 1. The van der Waals surface area contributed by atoms with Gasteiger partial charge in [0.2, 0.25) is 0 Å². The Morgan fingerprint density at radius 1 is 0.968 bits per heavy atom. The SMILES string of the molecule is CCCc1nc(N2CCCN(Cc3cccs3)CC2)c2cnn(-c3ccccc3)c2n1. The molecule has 0 unspecified atom stereocenters. The Kier molecular flexibility index (Phi) is 5.95. The predicted molar refractivity (Wildman–Crippen MR) is 127 cm³/mol. The highest BCUT2D eigenvalue weighted by atomic mass is 32.1. The minimum absolute atomic E-state index is 0.876. The van der Waals surface area contributed by atoms with Crippen LogP contribution in [0.2, 0.25) is 0 Å². The van der Waals surface area contributed by atoms with E-state index in [1.54, 1.807) is 0 Å². The van der Waals surface area contributed by atoms with Crippen molar-refractivity contribution in [2.45, 2.75) is 32.7 Å². The maximum atomic E-state index is 5.01. The lowest BCUT2D eigenvalue weighted by molar-refractivity contribution is 0.288. The number of hydrogen-bond donors (Lipinski definition) is 0. The number of anilines is 1. The number of aryl methyl sites for hydroxylation is 1. The number of thiophene rings is 1. The van der Waals surface area contributed by atoms with Gasteiger partial charge in [0.25, 0.3) is 0 Å². The van der Waals surface area contributed by atoms with E-state index in [2.05, 4.69) is 51.5 Å². The van der Waals surface area contributed by atoms with Gasteiger partial charge < -0.3 is 4.90 Å². The molecule has 4 heterocycles. The van der Waals surface area contributed by atoms with Crippen LogP contribution in [-0.4, -0.2) is 50.8 Å². The molecule has 1 aliphatic heterocycles. The maximum Gasteiger partial charge on any atom is 0.168 e. The van der Waals surface area contributed by atoms with Crippen molar-refractivity contribution in [1.82, 2.24) is 24.6 Å². The van der Waals surface area contributed by atoms with E-state index >= 15 is 0 Å². The second-order valence-corrected chi connectivity index (χ2v) is 9.07. The number of benzene rings is 1. The van der Waals surface area contributed by atoms with Gasteiger partial charge in [0.15, 0.2) is 5.65 Å². The number of nitrogens with zero attached hydrogens (tertiary/aromatic N) is 6. The van der Waals surface area contributed by atoms with E-state index in [0.29, 0.717) is 0 Å². The van der Waals surface area contributed by atoms with Gasteiger partial charge in [-0.2, -0.15) is 5.10 Å². The van der Waals surface area contributed by atoms with Gasteiger partial charge in [-0.1, -0.05) is 31.2 Å². The second kappa shape index (κ2) is 9.16. The Morgan fingerprint density at radius 2 is 1.87 bits per heavy atom. The average Bonchev–Trinajstić information content (AvgIpc) is 3.40. The minimum atomic E-state index is 0.876. The second-order valence-electron chi connectivity index (χ2n) is 8.04. The van der Waals surface area contributed by atoms with Crippen LogP contribution in [0.3, 0.4) is 0 Å². The fourth-order valence-corrected chi connectivity index (χ4v) is 4.98. The normalized spacial score (nSPS) is 15.5. The zero-order valence-electron chi connectivity index (χ0n) is 17.9. The molecule has 0 aliphatic carbocycles. The molecular formula is C24H28N6S. The molecular weight excluding hydrogens is 404 g/mol. The zero-order valence-corrected chi connectivity index (χ0v) is 18.8. The van der Waals surface area contributed by atoms with E-state index in [1.165, 1.54) is 4.88 Å². The van der Waals surface area contributed by atoms with Gasteiger partial charge >= 0.3 is 0 Å². The number of aromatic nitrogens is 4. The smallest absolute Gasteiger partial charge is 0.168 e. The molecule has 0 saturated carbocycles. The topological polar surface area (TPSA) is 50.1 Å². The molecule has 1 saturated heterocycles. The molecule has 0 bridgehead atoms. The van der Waals surface area contributed by atoms with E-state index in [-0.39, 0.29) is 0 Å². The molecule has 0 radical (unpaired) electrons. The van der Waals surface area contributed by atoms with E-state index in [0.717, 1.165) is 80.3 Å². The van der Waals surface area contributed by atoms with Crippen molar-refractivity contribution in [2.75, 3.05) is 31.1 Å². The van der Waals surface area contributed by atoms with Crippen LogP contribution in [0.15, 0.2) is 54.0 Å². The molecule has 0 spiro atoms. The van der Waals surface area contributed by atoms with Crippen LogP contribution < -0.4 is 4.90 Å². The van der Waals surface area contributed by atoms with Crippen molar-refractivity contribution >= 4 is 28.2 Å². The van der Waals surface area contributed by atoms with Gasteiger partial charge in [0, 0.05) is 44.0 Å². The quantitative estimate of drug-likeness (QED) is 0.448. The summed E-state index contributed by atoms with van der Waals surface area (Å²) in [5, 5.41) is 7.89. The van der Waals surface area contributed by atoms with Crippen LogP contribution in [-0.2, 0) is 13.0 Å². The molecule has 0 atom stereocenters. The Balaban J connectivity index is 1.46. The molecule has 160 valence electrons. The van der Waals surface area contributed by atoms with Crippen LogP contribution in [0.25, 0.3) is 16.7 Å². The molecule has 4 aromatic rings. The molecule has 3 aromatic heterocycles. The standard InChI is InChI=1S/C24H28N6S/c1-2-8-22-26-23(21-17-25-30(24(21)27-22)19-9-4-3-5-10-19)29-13-7-12-28(14-15-29)18-20-11-6-16-31-20/h3-6,9-11,16-17H,2,7-8,12-15,18H2,1H3. The Hall–Kier alpha value is -2.77. The first-order valence-corrected chi connectivity index (χ1v) is 12.0. The maximum absolute atomic E-state index is 5.01. The van der Waals surface area contributed by atoms with Gasteiger partial charge in [-0.05, 0) is 36.4 Å². The zero-order chi connectivity index (χ0) is 21.0. The van der Waals surface area contributed by atoms with Crippen molar-refractivity contribution in [2.24, 2.45) is 0 Å². The van der Waals surface area contributed by atoms with Crippen molar-refractivity contribution in [3.63, 3.8) is 0 Å². The predicted octanol–water partition coefficient (Wildman–Crippen LogP) is 4.54. The van der Waals surface area contributed by atoms with Crippen molar-refractivity contribution in [1.29, 1.82) is 0 Å². The van der Waals surface area contributed by atoms with Crippen LogP contribution in [0.5, 0.6) is 0 Å². The molecule has 7 heteroatoms. The monoisotopic (exact) mass is 432 g/mol. The van der Waals surface area contributed by atoms with E-state index in [9.17, 15) is 0 Å². The lowest BCUT2D eigenvalue weighted by Gasteiger charge is -2.23. The summed E-state index contributed by atoms with van der Waals surface area (Å²) in [6.07, 6.45) is 4.97. The van der Waals surface area contributed by atoms with Crippen molar-refractivity contribution in [3.8, 4) is 5.69 Å². The van der Waals surface area contributed by atoms with Crippen LogP contribution in [0.1, 0.15) is 30.5 Å². The Bertz CT molecular complexity index is 1120. The third-order valence-corrected chi connectivity index (χ3v) is 6.64. The summed E-state index contributed by atoms with van der Waals surface area (Å²) in [6, 6.07) is 14.6. The van der Waals surface area contributed by atoms with Gasteiger partial charge in [-0.3, -0.25) is 4.90 Å². The third-order valence-electron chi connectivity index (χ3n) is 5.78. The fourth-order valence-electron chi connectivity index (χ4n) is 4.24. The Labute approximate surface area is 187 Å². The van der Waals surface area contributed by atoms with Gasteiger partial charge in [0.05, 0.1) is 17.3 Å². The molecule has 1 aliphatic rings. The van der Waals surface area contributed by atoms with Crippen molar-refractivity contribution < 1.29 is 0 Å². The summed E-state index contributed by atoms with van der Waals surface area (Å²) < 4.78 is 1.95. The first kappa shape index (κ1) is 20.2. The Morgan fingerprint density at radius 3 is 2.68 bits per heavy atom. The number of para-hydroxylation sites is 1. The molecule has 0 amide bonds. The lowest BCUT2D eigenvalue weighted by atomic mass is 10.2. The lowest BCUT2D eigenvalue weighted by Crippen LogP contribution is -2.31. The molecule has 6 nitrogen and oxygen atoms in total. The number of hydrogen-bond acceptors (Lipinski definition) is 6. The van der Waals surface area contributed by atoms with Gasteiger partial charge in [-0.25, -0.2) is 14.6 Å². The van der Waals surface area contributed by atoms with E-state index < -0.39 is 0 Å². The van der Waals surface area contributed by atoms with Gasteiger partial charge in [0.1, 0.15) is 11.6 Å². The summed E-state index contributed by atoms with van der Waals surface area (Å²) in [5.41, 5.74) is 1.93. The highest BCUT2D eigenvalue weighted by molar-refractivity contribution is 7.09. The third kappa shape index (κ3) is 4.34. The largest absolute Gasteiger partial charge is 0.355 e. The highest BCUT2D eigenvalue weighted by Gasteiger charge is 2.21. The number of rotatable bonds is 6.